The summed E-state index contributed by atoms with van der Waals surface area (Å²) >= 11 is 0. The molecule has 0 saturated heterocycles. The smallest absolute Gasteiger partial charge is 0.244 e. The van der Waals surface area contributed by atoms with Crippen LogP contribution in [0.25, 0.3) is 16.8 Å². The SMILES string of the molecule is COc1ccc2cc(/C=C/C(=O)N[C@@H](C[NH+](C)C)c3ccccc3)ccc2c1. The summed E-state index contributed by atoms with van der Waals surface area (Å²) in [6, 6.07) is 22.1. The fourth-order valence-electron chi connectivity index (χ4n) is 3.21. The number of benzene rings is 3. The summed E-state index contributed by atoms with van der Waals surface area (Å²) in [5, 5.41) is 5.35. The maximum atomic E-state index is 12.5. The summed E-state index contributed by atoms with van der Waals surface area (Å²) in [4.78, 5) is 13.8. The predicted molar refractivity (Wildman–Crippen MR) is 115 cm³/mol. The van der Waals surface area contributed by atoms with Crippen LogP contribution in [0.15, 0.2) is 72.8 Å². The van der Waals surface area contributed by atoms with Gasteiger partial charge < -0.3 is 15.0 Å². The maximum absolute atomic E-state index is 12.5. The van der Waals surface area contributed by atoms with E-state index in [1.165, 1.54) is 4.90 Å². The molecule has 0 bridgehead atoms. The van der Waals surface area contributed by atoms with Crippen LogP contribution in [0.5, 0.6) is 5.75 Å². The van der Waals surface area contributed by atoms with Crippen molar-refractivity contribution in [2.45, 2.75) is 6.04 Å². The summed E-state index contributed by atoms with van der Waals surface area (Å²) in [6.45, 7) is 0.821. The number of hydrogen-bond donors (Lipinski definition) is 2. The van der Waals surface area contributed by atoms with Crippen molar-refractivity contribution in [3.63, 3.8) is 0 Å². The molecule has 0 radical (unpaired) electrons. The Balaban J connectivity index is 1.72. The molecule has 0 aliphatic rings. The van der Waals surface area contributed by atoms with E-state index < -0.39 is 0 Å². The second-order valence-electron chi connectivity index (χ2n) is 7.19. The monoisotopic (exact) mass is 375 g/mol. The van der Waals surface area contributed by atoms with Gasteiger partial charge in [0.1, 0.15) is 18.3 Å². The molecule has 0 saturated carbocycles. The van der Waals surface area contributed by atoms with Crippen LogP contribution in [0.2, 0.25) is 0 Å². The van der Waals surface area contributed by atoms with Gasteiger partial charge in [0, 0.05) is 6.08 Å². The molecule has 3 aromatic rings. The molecule has 0 aliphatic carbocycles. The van der Waals surface area contributed by atoms with Crippen LogP contribution in [0.1, 0.15) is 17.2 Å². The number of hydrogen-bond acceptors (Lipinski definition) is 2. The Kier molecular flexibility index (Phi) is 6.45. The molecule has 3 aromatic carbocycles. The minimum absolute atomic E-state index is 0.0209. The number of carbonyl (C=O) groups is 1. The molecule has 4 nitrogen and oxygen atoms in total. The van der Waals surface area contributed by atoms with Gasteiger partial charge >= 0.3 is 0 Å². The quantitative estimate of drug-likeness (QED) is 0.624. The van der Waals surface area contributed by atoms with Gasteiger partial charge in [0.15, 0.2) is 0 Å². The largest absolute Gasteiger partial charge is 0.497 e. The third-order valence-electron chi connectivity index (χ3n) is 4.63. The molecule has 28 heavy (non-hydrogen) atoms. The Hall–Kier alpha value is -3.11. The Bertz CT molecular complexity index is 965. The lowest BCUT2D eigenvalue weighted by atomic mass is 10.1. The van der Waals surface area contributed by atoms with Gasteiger partial charge in [-0.2, -0.15) is 0 Å². The van der Waals surface area contributed by atoms with E-state index in [0.29, 0.717) is 0 Å². The third-order valence-corrected chi connectivity index (χ3v) is 4.63. The van der Waals surface area contributed by atoms with Gasteiger partial charge in [-0.15, -0.1) is 0 Å². The molecule has 144 valence electrons. The van der Waals surface area contributed by atoms with Gasteiger partial charge in [0.2, 0.25) is 5.91 Å². The predicted octanol–water partition coefficient (Wildman–Crippen LogP) is 2.86. The Morgan fingerprint density at radius 2 is 1.75 bits per heavy atom. The molecule has 0 aromatic heterocycles. The second-order valence-corrected chi connectivity index (χ2v) is 7.19. The Labute approximate surface area is 166 Å². The van der Waals surface area contributed by atoms with Crippen molar-refractivity contribution >= 4 is 22.8 Å². The van der Waals surface area contributed by atoms with Crippen LogP contribution >= 0.6 is 0 Å². The van der Waals surface area contributed by atoms with Crippen molar-refractivity contribution in [1.29, 1.82) is 0 Å². The highest BCUT2D eigenvalue weighted by atomic mass is 16.5. The number of fused-ring (bicyclic) bond motifs is 1. The molecule has 0 heterocycles. The number of nitrogens with one attached hydrogen (secondary N) is 2. The van der Waals surface area contributed by atoms with E-state index in [-0.39, 0.29) is 11.9 Å². The molecule has 3 rings (SSSR count). The van der Waals surface area contributed by atoms with E-state index in [2.05, 4.69) is 37.6 Å². The van der Waals surface area contributed by atoms with Crippen LogP contribution < -0.4 is 15.0 Å². The minimum atomic E-state index is -0.0927. The first kappa shape index (κ1) is 19.6. The molecule has 2 N–H and O–H groups in total. The van der Waals surface area contributed by atoms with Gasteiger partial charge in [0.05, 0.1) is 21.2 Å². The highest BCUT2D eigenvalue weighted by molar-refractivity contribution is 5.93. The fourth-order valence-corrected chi connectivity index (χ4v) is 3.21. The molecular weight excluding hydrogens is 348 g/mol. The summed E-state index contributed by atoms with van der Waals surface area (Å²) < 4.78 is 5.26. The number of likely N-dealkylation sites (N-methyl/N-ethyl adjacent to an activating group) is 1. The molecular formula is C24H27N2O2+. The first-order valence-electron chi connectivity index (χ1n) is 9.45. The van der Waals surface area contributed by atoms with E-state index in [1.54, 1.807) is 13.2 Å². The van der Waals surface area contributed by atoms with Crippen molar-refractivity contribution in [3.05, 3.63) is 83.9 Å². The zero-order valence-corrected chi connectivity index (χ0v) is 16.6. The summed E-state index contributed by atoms with van der Waals surface area (Å²) in [7, 11) is 5.83. The molecule has 4 heteroatoms. The van der Waals surface area contributed by atoms with E-state index in [1.807, 2.05) is 54.6 Å². The van der Waals surface area contributed by atoms with Crippen LogP contribution in [-0.2, 0) is 4.79 Å². The first-order valence-corrected chi connectivity index (χ1v) is 9.45. The topological polar surface area (TPSA) is 42.8 Å². The van der Waals surface area contributed by atoms with Gasteiger partial charge in [0.25, 0.3) is 0 Å². The number of ether oxygens (including phenoxy) is 1. The molecule has 0 spiro atoms. The normalized spacial score (nSPS) is 12.4. The number of rotatable bonds is 7. The highest BCUT2D eigenvalue weighted by Gasteiger charge is 2.16. The van der Waals surface area contributed by atoms with E-state index in [4.69, 9.17) is 4.74 Å². The van der Waals surface area contributed by atoms with Crippen molar-refractivity contribution < 1.29 is 14.4 Å². The van der Waals surface area contributed by atoms with Gasteiger partial charge in [-0.25, -0.2) is 0 Å². The Morgan fingerprint density at radius 1 is 1.04 bits per heavy atom. The summed E-state index contributed by atoms with van der Waals surface area (Å²) in [6.07, 6.45) is 3.45. The van der Waals surface area contributed by atoms with Crippen molar-refractivity contribution in [1.82, 2.24) is 5.32 Å². The zero-order valence-electron chi connectivity index (χ0n) is 16.6. The fraction of sp³-hybridized carbons (Fsp3) is 0.208. The number of quaternary nitrogens is 1. The average molecular weight is 375 g/mol. The molecule has 0 fully saturated rings. The molecule has 1 atom stereocenters. The zero-order chi connectivity index (χ0) is 19.9. The van der Waals surface area contributed by atoms with Crippen LogP contribution in [0, 0.1) is 0 Å². The van der Waals surface area contributed by atoms with Crippen LogP contribution in [-0.4, -0.2) is 33.7 Å². The number of amides is 1. The summed E-state index contributed by atoms with van der Waals surface area (Å²) in [5.41, 5.74) is 2.10. The van der Waals surface area contributed by atoms with Gasteiger partial charge in [-0.3, -0.25) is 4.79 Å². The number of methoxy groups -OCH3 is 1. The second kappa shape index (κ2) is 9.20. The Morgan fingerprint density at radius 3 is 2.46 bits per heavy atom. The minimum Gasteiger partial charge on any atom is -0.497 e. The van der Waals surface area contributed by atoms with Gasteiger partial charge in [-0.05, 0) is 46.2 Å². The van der Waals surface area contributed by atoms with Crippen molar-refractivity contribution in [3.8, 4) is 5.75 Å². The molecule has 1 amide bonds. The van der Waals surface area contributed by atoms with Crippen molar-refractivity contribution in [2.24, 2.45) is 0 Å². The maximum Gasteiger partial charge on any atom is 0.244 e. The summed E-state index contributed by atoms with van der Waals surface area (Å²) in [5.74, 6) is 0.745. The van der Waals surface area contributed by atoms with Crippen LogP contribution in [0.4, 0.5) is 0 Å². The van der Waals surface area contributed by atoms with Crippen LogP contribution in [0.3, 0.4) is 0 Å². The third kappa shape index (κ3) is 5.21. The van der Waals surface area contributed by atoms with Gasteiger partial charge in [-0.1, -0.05) is 48.5 Å². The van der Waals surface area contributed by atoms with Crippen molar-refractivity contribution in [2.75, 3.05) is 27.7 Å². The highest BCUT2D eigenvalue weighted by Crippen LogP contribution is 2.22. The lowest BCUT2D eigenvalue weighted by molar-refractivity contribution is -0.860. The average Bonchev–Trinajstić information content (AvgIpc) is 2.71. The van der Waals surface area contributed by atoms with E-state index >= 15 is 0 Å². The molecule has 0 aliphatic heterocycles. The lowest BCUT2D eigenvalue weighted by Crippen LogP contribution is -3.06. The number of carbonyl (C=O) groups excluding carboxylic acids is 1. The lowest BCUT2D eigenvalue weighted by Gasteiger charge is -2.20. The first-order chi connectivity index (χ1) is 13.5. The van der Waals surface area contributed by atoms with E-state index in [0.717, 1.165) is 34.2 Å². The van der Waals surface area contributed by atoms with E-state index in [9.17, 15) is 4.79 Å². The standard InChI is InChI=1S/C24H26N2O2/c1-26(2)17-23(19-7-5-4-6-8-19)25-24(27)14-10-18-9-11-21-16-22(28-3)13-12-20(21)15-18/h4-16,23H,17H2,1-3H3,(H,25,27)/p+1/b14-10+/t23-/m0/s1. The molecule has 0 unspecified atom stereocenters.